The maximum Gasteiger partial charge on any atom is 0.174 e. The lowest BCUT2D eigenvalue weighted by atomic mass is 10.2. The molecule has 1 aliphatic heterocycles. The van der Waals surface area contributed by atoms with Crippen molar-refractivity contribution in [2.45, 2.75) is 70.4 Å². The Hall–Kier alpha value is 0.134. The zero-order chi connectivity index (χ0) is 12.2. The molecule has 3 heteroatoms. The summed E-state index contributed by atoms with van der Waals surface area (Å²) in [5.41, 5.74) is 0. The Balaban J connectivity index is 2.50. The second kappa shape index (κ2) is 5.65. The fourth-order valence-corrected chi connectivity index (χ4v) is 13.7. The van der Waals surface area contributed by atoms with Gasteiger partial charge in [-0.25, -0.2) is 0 Å². The SMILES string of the molecule is C=CCCCC[Si]1(C)CCC(C)O[Si]1(C)C. The summed E-state index contributed by atoms with van der Waals surface area (Å²) in [5, 5.41) is 0. The van der Waals surface area contributed by atoms with Crippen molar-refractivity contribution in [3.8, 4) is 0 Å². The van der Waals surface area contributed by atoms with E-state index in [9.17, 15) is 0 Å². The van der Waals surface area contributed by atoms with Crippen LogP contribution < -0.4 is 0 Å². The van der Waals surface area contributed by atoms with Crippen LogP contribution in [0.1, 0.15) is 32.6 Å². The summed E-state index contributed by atoms with van der Waals surface area (Å²) in [6.07, 6.45) is 7.78. The fourth-order valence-electron chi connectivity index (χ4n) is 2.76. The van der Waals surface area contributed by atoms with Crippen LogP contribution in [0.2, 0.25) is 31.7 Å². The van der Waals surface area contributed by atoms with Gasteiger partial charge in [-0.3, -0.25) is 0 Å². The summed E-state index contributed by atoms with van der Waals surface area (Å²) in [4.78, 5) is 0. The summed E-state index contributed by atoms with van der Waals surface area (Å²) < 4.78 is 6.33. The molecule has 16 heavy (non-hydrogen) atoms. The smallest absolute Gasteiger partial charge is 0.174 e. The van der Waals surface area contributed by atoms with Crippen LogP contribution in [0.25, 0.3) is 0 Å². The van der Waals surface area contributed by atoms with E-state index in [1.807, 2.05) is 6.08 Å². The number of hydrogen-bond acceptors (Lipinski definition) is 1. The van der Waals surface area contributed by atoms with Crippen molar-refractivity contribution in [3.63, 3.8) is 0 Å². The second-order valence-corrected chi connectivity index (χ2v) is 20.7. The molecule has 94 valence electrons. The maximum atomic E-state index is 6.33. The lowest BCUT2D eigenvalue weighted by molar-refractivity contribution is 0.205. The fraction of sp³-hybridized carbons (Fsp3) is 0.846. The average molecular weight is 257 g/mol. The predicted molar refractivity (Wildman–Crippen MR) is 77.9 cm³/mol. The third-order valence-corrected chi connectivity index (χ3v) is 21.8. The molecule has 0 aromatic heterocycles. The minimum Gasteiger partial charge on any atom is -0.417 e. The Morgan fingerprint density at radius 2 is 2.00 bits per heavy atom. The van der Waals surface area contributed by atoms with Crippen molar-refractivity contribution in [3.05, 3.63) is 12.7 Å². The van der Waals surface area contributed by atoms with E-state index in [2.05, 4.69) is 33.1 Å². The topological polar surface area (TPSA) is 9.23 Å². The van der Waals surface area contributed by atoms with Gasteiger partial charge in [0.1, 0.15) is 0 Å². The standard InChI is InChI=1S/C13H28OSi2/c1-6-7-8-9-11-16(5)12-10-13(2)14-15(16,3)4/h6,13H,1,7-12H2,2-5H3. The summed E-state index contributed by atoms with van der Waals surface area (Å²) in [6.45, 7) is 13.6. The van der Waals surface area contributed by atoms with Crippen LogP contribution in [0.4, 0.5) is 0 Å². The third-order valence-electron chi connectivity index (χ3n) is 4.44. The van der Waals surface area contributed by atoms with Gasteiger partial charge in [0.15, 0.2) is 7.83 Å². The molecule has 0 spiro atoms. The highest BCUT2D eigenvalue weighted by molar-refractivity contribution is 7.38. The molecule has 0 bridgehead atoms. The van der Waals surface area contributed by atoms with Gasteiger partial charge in [0, 0.05) is 6.10 Å². The molecule has 0 radical (unpaired) electrons. The first kappa shape index (κ1) is 14.2. The molecular formula is C13H28OSi2. The van der Waals surface area contributed by atoms with E-state index in [1.54, 1.807) is 0 Å². The van der Waals surface area contributed by atoms with Gasteiger partial charge in [-0.1, -0.05) is 37.6 Å². The number of unbranched alkanes of at least 4 members (excludes halogenated alkanes) is 2. The van der Waals surface area contributed by atoms with Gasteiger partial charge in [0.2, 0.25) is 0 Å². The Morgan fingerprint density at radius 3 is 2.56 bits per heavy atom. The Morgan fingerprint density at radius 1 is 1.31 bits per heavy atom. The molecule has 0 aromatic rings. The van der Waals surface area contributed by atoms with Crippen molar-refractivity contribution >= 4 is 15.4 Å². The maximum absolute atomic E-state index is 6.33. The van der Waals surface area contributed by atoms with E-state index >= 15 is 0 Å². The van der Waals surface area contributed by atoms with Gasteiger partial charge < -0.3 is 4.43 Å². The minimum atomic E-state index is -1.35. The molecule has 1 rings (SSSR count). The Kier molecular flexibility index (Phi) is 5.01. The third kappa shape index (κ3) is 3.31. The molecule has 2 unspecified atom stereocenters. The summed E-state index contributed by atoms with van der Waals surface area (Å²) in [6, 6.07) is 2.98. The molecule has 0 N–H and O–H groups in total. The van der Waals surface area contributed by atoms with Crippen molar-refractivity contribution in [2.75, 3.05) is 0 Å². The monoisotopic (exact) mass is 256 g/mol. The van der Waals surface area contributed by atoms with Gasteiger partial charge in [-0.2, -0.15) is 0 Å². The molecule has 2 atom stereocenters. The largest absolute Gasteiger partial charge is 0.417 e. The van der Waals surface area contributed by atoms with Crippen LogP contribution >= 0.6 is 0 Å². The Labute approximate surface area is 103 Å². The molecule has 0 aliphatic carbocycles. The highest BCUT2D eigenvalue weighted by Crippen LogP contribution is 2.37. The molecule has 0 aromatic carbocycles. The molecule has 1 saturated heterocycles. The predicted octanol–water partition coefficient (Wildman–Crippen LogP) is 4.51. The first-order valence-electron chi connectivity index (χ1n) is 6.70. The van der Waals surface area contributed by atoms with Crippen LogP contribution in [0.5, 0.6) is 0 Å². The zero-order valence-electron chi connectivity index (χ0n) is 11.5. The molecule has 0 amide bonds. The summed E-state index contributed by atoms with van der Waals surface area (Å²) >= 11 is 0. The lowest BCUT2D eigenvalue weighted by Crippen LogP contribution is -2.63. The van der Waals surface area contributed by atoms with Crippen LogP contribution in [0.15, 0.2) is 12.7 Å². The van der Waals surface area contributed by atoms with E-state index < -0.39 is 15.4 Å². The van der Waals surface area contributed by atoms with Gasteiger partial charge in [-0.05, 0) is 32.9 Å². The summed E-state index contributed by atoms with van der Waals surface area (Å²) in [5.74, 6) is 0. The normalized spacial score (nSPS) is 33.6. The number of allylic oxidation sites excluding steroid dienone is 1. The van der Waals surface area contributed by atoms with Gasteiger partial charge in [-0.15, -0.1) is 6.58 Å². The molecule has 1 heterocycles. The molecule has 1 aliphatic rings. The van der Waals surface area contributed by atoms with Crippen molar-refractivity contribution in [2.24, 2.45) is 0 Å². The lowest BCUT2D eigenvalue weighted by Gasteiger charge is -2.47. The van der Waals surface area contributed by atoms with Gasteiger partial charge in [0.25, 0.3) is 0 Å². The number of hydrogen-bond donors (Lipinski definition) is 0. The average Bonchev–Trinajstić information content (AvgIpc) is 2.19. The van der Waals surface area contributed by atoms with Crippen LogP contribution in [-0.4, -0.2) is 21.5 Å². The van der Waals surface area contributed by atoms with Gasteiger partial charge in [0.05, 0.1) is 7.59 Å². The molecule has 0 saturated carbocycles. The van der Waals surface area contributed by atoms with Crippen molar-refractivity contribution in [1.29, 1.82) is 0 Å². The van der Waals surface area contributed by atoms with Crippen molar-refractivity contribution < 1.29 is 4.43 Å². The highest BCUT2D eigenvalue weighted by atomic mass is 29.3. The molecule has 1 fully saturated rings. The molecule has 1 nitrogen and oxygen atoms in total. The van der Waals surface area contributed by atoms with E-state index in [1.165, 1.54) is 37.8 Å². The highest BCUT2D eigenvalue weighted by Gasteiger charge is 2.49. The van der Waals surface area contributed by atoms with E-state index in [0.717, 1.165) is 0 Å². The van der Waals surface area contributed by atoms with E-state index in [4.69, 9.17) is 4.43 Å². The molecular weight excluding hydrogens is 228 g/mol. The van der Waals surface area contributed by atoms with E-state index in [0.29, 0.717) is 6.10 Å². The Bertz CT molecular complexity index is 240. The second-order valence-electron chi connectivity index (χ2n) is 6.07. The van der Waals surface area contributed by atoms with E-state index in [-0.39, 0.29) is 0 Å². The van der Waals surface area contributed by atoms with Gasteiger partial charge >= 0.3 is 0 Å². The van der Waals surface area contributed by atoms with Crippen LogP contribution in [0.3, 0.4) is 0 Å². The minimum absolute atomic E-state index is 0.524. The summed E-state index contributed by atoms with van der Waals surface area (Å²) in [7, 11) is -2.43. The first-order chi connectivity index (χ1) is 7.41. The number of rotatable bonds is 5. The van der Waals surface area contributed by atoms with Crippen LogP contribution in [-0.2, 0) is 4.43 Å². The van der Waals surface area contributed by atoms with Crippen LogP contribution in [0, 0.1) is 0 Å². The van der Waals surface area contributed by atoms with Crippen molar-refractivity contribution in [1.82, 2.24) is 0 Å². The first-order valence-corrected chi connectivity index (χ1v) is 13.5. The quantitative estimate of drug-likeness (QED) is 0.399. The zero-order valence-corrected chi connectivity index (χ0v) is 13.5.